The Hall–Kier alpha value is -1.85. The summed E-state index contributed by atoms with van der Waals surface area (Å²) in [6.45, 7) is 4.34. The quantitative estimate of drug-likeness (QED) is 0.928. The first kappa shape index (κ1) is 15.7. The zero-order valence-corrected chi connectivity index (χ0v) is 14.5. The highest BCUT2D eigenvalue weighted by Gasteiger charge is 2.42. The average molecular weight is 342 g/mol. The molecule has 2 aromatic rings. The van der Waals surface area contributed by atoms with Gasteiger partial charge in [0.25, 0.3) is 5.91 Å². The summed E-state index contributed by atoms with van der Waals surface area (Å²) in [6.07, 6.45) is 2.29. The van der Waals surface area contributed by atoms with Crippen LogP contribution in [0.1, 0.15) is 28.1 Å². The highest BCUT2D eigenvalue weighted by atomic mass is 32.1. The Balaban J connectivity index is 1.43. The van der Waals surface area contributed by atoms with E-state index < -0.39 is 0 Å². The maximum absolute atomic E-state index is 12.9. The number of carbonyl (C=O) groups is 1. The third-order valence-electron chi connectivity index (χ3n) is 5.12. The summed E-state index contributed by atoms with van der Waals surface area (Å²) in [6, 6.07) is 12.0. The minimum atomic E-state index is 0.122. The van der Waals surface area contributed by atoms with Crippen LogP contribution in [-0.2, 0) is 6.61 Å². The van der Waals surface area contributed by atoms with E-state index in [1.165, 1.54) is 17.8 Å². The Morgan fingerprint density at radius 3 is 2.92 bits per heavy atom. The Morgan fingerprint density at radius 1 is 1.25 bits per heavy atom. The number of carbonyl (C=O) groups excluding carboxylic acids is 1. The van der Waals surface area contributed by atoms with E-state index in [0.717, 1.165) is 43.0 Å². The van der Waals surface area contributed by atoms with Gasteiger partial charge in [-0.25, -0.2) is 0 Å². The van der Waals surface area contributed by atoms with Gasteiger partial charge in [0, 0.05) is 25.0 Å². The average Bonchev–Trinajstić information content (AvgIpc) is 3.36. The topological polar surface area (TPSA) is 41.6 Å². The monoisotopic (exact) mass is 342 g/mol. The molecular weight excluding hydrogens is 320 g/mol. The van der Waals surface area contributed by atoms with Gasteiger partial charge in [-0.15, -0.1) is 11.3 Å². The molecule has 0 radical (unpaired) electrons. The smallest absolute Gasteiger partial charge is 0.267 e. The fraction of sp³-hybridized carbons (Fsp3) is 0.421. The van der Waals surface area contributed by atoms with Gasteiger partial charge in [-0.1, -0.05) is 30.3 Å². The molecule has 1 unspecified atom stereocenters. The van der Waals surface area contributed by atoms with Gasteiger partial charge in [-0.05, 0) is 36.4 Å². The highest BCUT2D eigenvalue weighted by Crippen LogP contribution is 2.38. The van der Waals surface area contributed by atoms with Gasteiger partial charge in [0.05, 0.1) is 0 Å². The molecule has 1 amide bonds. The second-order valence-electron chi connectivity index (χ2n) is 6.79. The van der Waals surface area contributed by atoms with Crippen molar-refractivity contribution in [2.75, 3.05) is 26.2 Å². The van der Waals surface area contributed by atoms with E-state index in [1.54, 1.807) is 0 Å². The van der Waals surface area contributed by atoms with Gasteiger partial charge < -0.3 is 15.0 Å². The number of nitrogens with zero attached hydrogens (tertiary/aromatic N) is 1. The molecular formula is C19H22N2O2S. The largest absolute Gasteiger partial charge is 0.487 e. The van der Waals surface area contributed by atoms with E-state index in [1.807, 2.05) is 46.7 Å². The lowest BCUT2D eigenvalue weighted by molar-refractivity contribution is 0.0776. The van der Waals surface area contributed by atoms with Crippen LogP contribution in [0.5, 0.6) is 5.75 Å². The van der Waals surface area contributed by atoms with Crippen molar-refractivity contribution in [2.24, 2.45) is 5.41 Å². The number of likely N-dealkylation sites (tertiary alicyclic amines) is 1. The summed E-state index contributed by atoms with van der Waals surface area (Å²) in [5.74, 6) is 0.830. The first-order chi connectivity index (χ1) is 11.8. The van der Waals surface area contributed by atoms with Crippen LogP contribution in [0.3, 0.4) is 0 Å². The summed E-state index contributed by atoms with van der Waals surface area (Å²) >= 11 is 1.48. The molecule has 0 bridgehead atoms. The number of hydrogen-bond donors (Lipinski definition) is 1. The van der Waals surface area contributed by atoms with Crippen LogP contribution >= 0.6 is 11.3 Å². The normalized spacial score (nSPS) is 23.1. The zero-order chi connectivity index (χ0) is 16.4. The number of thiophene rings is 1. The molecule has 2 aliphatic heterocycles. The van der Waals surface area contributed by atoms with Crippen molar-refractivity contribution in [1.29, 1.82) is 0 Å². The van der Waals surface area contributed by atoms with Gasteiger partial charge in [-0.3, -0.25) is 4.79 Å². The van der Waals surface area contributed by atoms with E-state index in [4.69, 9.17) is 4.74 Å². The Kier molecular flexibility index (Phi) is 4.29. The highest BCUT2D eigenvalue weighted by molar-refractivity contribution is 7.12. The number of rotatable bonds is 4. The van der Waals surface area contributed by atoms with Gasteiger partial charge >= 0.3 is 0 Å². The van der Waals surface area contributed by atoms with Crippen molar-refractivity contribution in [3.63, 3.8) is 0 Å². The lowest BCUT2D eigenvalue weighted by atomic mass is 9.87. The second-order valence-corrected chi connectivity index (χ2v) is 7.71. The van der Waals surface area contributed by atoms with Crippen LogP contribution in [0.4, 0.5) is 0 Å². The van der Waals surface area contributed by atoms with Crippen LogP contribution in [0.25, 0.3) is 0 Å². The van der Waals surface area contributed by atoms with E-state index in [2.05, 4.69) is 5.32 Å². The lowest BCUT2D eigenvalue weighted by Gasteiger charge is -2.22. The summed E-state index contributed by atoms with van der Waals surface area (Å²) in [5, 5.41) is 5.38. The lowest BCUT2D eigenvalue weighted by Crippen LogP contribution is -2.33. The van der Waals surface area contributed by atoms with Gasteiger partial charge in [-0.2, -0.15) is 0 Å². The molecule has 5 heteroatoms. The Labute approximate surface area is 146 Å². The first-order valence-corrected chi connectivity index (χ1v) is 9.38. The van der Waals surface area contributed by atoms with Crippen molar-refractivity contribution >= 4 is 17.2 Å². The summed E-state index contributed by atoms with van der Waals surface area (Å²) in [7, 11) is 0. The van der Waals surface area contributed by atoms with E-state index in [9.17, 15) is 4.79 Å². The van der Waals surface area contributed by atoms with Crippen molar-refractivity contribution < 1.29 is 9.53 Å². The van der Waals surface area contributed by atoms with Crippen LogP contribution in [-0.4, -0.2) is 37.0 Å². The van der Waals surface area contributed by atoms with Crippen LogP contribution in [0, 0.1) is 5.41 Å². The van der Waals surface area contributed by atoms with Crippen molar-refractivity contribution in [3.05, 3.63) is 52.2 Å². The molecule has 24 heavy (non-hydrogen) atoms. The molecule has 2 aliphatic rings. The number of hydrogen-bond acceptors (Lipinski definition) is 4. The zero-order valence-electron chi connectivity index (χ0n) is 13.7. The van der Waals surface area contributed by atoms with E-state index >= 15 is 0 Å². The summed E-state index contributed by atoms with van der Waals surface area (Å²) in [5.41, 5.74) is 1.41. The molecule has 0 saturated carbocycles. The van der Waals surface area contributed by atoms with Gasteiger partial charge in [0.15, 0.2) is 0 Å². The van der Waals surface area contributed by atoms with Crippen molar-refractivity contribution in [3.8, 4) is 5.75 Å². The van der Waals surface area contributed by atoms with Gasteiger partial charge in [0.1, 0.15) is 17.2 Å². The standard InChI is InChI=1S/C19H22N2O2S/c22-18(21-10-8-19(14-21)7-9-20-13-19)17-16(6-11-24-17)23-12-15-4-2-1-3-5-15/h1-6,11,20H,7-10,12-14H2. The predicted octanol–water partition coefficient (Wildman–Crippen LogP) is 3.15. The SMILES string of the molecule is O=C(c1sccc1OCc1ccccc1)N1CCC2(CCNC2)C1. The maximum Gasteiger partial charge on any atom is 0.267 e. The number of benzene rings is 1. The second kappa shape index (κ2) is 6.57. The molecule has 0 aliphatic carbocycles. The van der Waals surface area contributed by atoms with Crippen LogP contribution in [0.15, 0.2) is 41.8 Å². The molecule has 4 rings (SSSR count). The van der Waals surface area contributed by atoms with E-state index in [0.29, 0.717) is 17.8 Å². The molecule has 2 fully saturated rings. The summed E-state index contributed by atoms with van der Waals surface area (Å²) in [4.78, 5) is 15.7. The fourth-order valence-electron chi connectivity index (χ4n) is 3.70. The van der Waals surface area contributed by atoms with Crippen molar-refractivity contribution in [1.82, 2.24) is 10.2 Å². The molecule has 1 aromatic carbocycles. The molecule has 1 atom stereocenters. The van der Waals surface area contributed by atoms with Crippen LogP contribution in [0.2, 0.25) is 0 Å². The van der Waals surface area contributed by atoms with Crippen molar-refractivity contribution in [2.45, 2.75) is 19.4 Å². The fourth-order valence-corrected chi connectivity index (χ4v) is 4.50. The maximum atomic E-state index is 12.9. The number of ether oxygens (including phenoxy) is 1. The molecule has 1 aromatic heterocycles. The molecule has 2 saturated heterocycles. The van der Waals surface area contributed by atoms with Gasteiger partial charge in [0.2, 0.25) is 0 Å². The predicted molar refractivity (Wildman–Crippen MR) is 95.5 cm³/mol. The molecule has 1 spiro atoms. The third kappa shape index (κ3) is 3.06. The third-order valence-corrected chi connectivity index (χ3v) is 6.00. The summed E-state index contributed by atoms with van der Waals surface area (Å²) < 4.78 is 5.91. The Morgan fingerprint density at radius 2 is 2.12 bits per heavy atom. The van der Waals surface area contributed by atoms with E-state index in [-0.39, 0.29) is 5.91 Å². The minimum absolute atomic E-state index is 0.122. The molecule has 1 N–H and O–H groups in total. The van der Waals surface area contributed by atoms with Crippen LogP contribution < -0.4 is 10.1 Å². The number of nitrogens with one attached hydrogen (secondary N) is 1. The first-order valence-electron chi connectivity index (χ1n) is 8.50. The molecule has 126 valence electrons. The molecule has 4 nitrogen and oxygen atoms in total. The molecule has 3 heterocycles. The number of amides is 1. The Bertz CT molecular complexity index is 707. The minimum Gasteiger partial charge on any atom is -0.487 e.